The van der Waals surface area contributed by atoms with E-state index in [1.54, 1.807) is 0 Å². The van der Waals surface area contributed by atoms with Crippen LogP contribution in [0.5, 0.6) is 0 Å². The highest BCUT2D eigenvalue weighted by Crippen LogP contribution is 2.46. The topological polar surface area (TPSA) is 26.3 Å². The van der Waals surface area contributed by atoms with Gasteiger partial charge in [0.1, 0.15) is 22.3 Å². The summed E-state index contributed by atoms with van der Waals surface area (Å²) in [6, 6.07) is 65.8. The first-order valence-corrected chi connectivity index (χ1v) is 18.5. The van der Waals surface area contributed by atoms with E-state index in [-0.39, 0.29) is 0 Å². The molecule has 10 aromatic carbocycles. The van der Waals surface area contributed by atoms with Crippen LogP contribution >= 0.6 is 0 Å². The zero-order chi connectivity index (χ0) is 35.3. The lowest BCUT2D eigenvalue weighted by atomic mass is 9.85. The molecule has 0 unspecified atom stereocenters. The number of furan rings is 2. The van der Waals surface area contributed by atoms with Crippen molar-refractivity contribution in [1.29, 1.82) is 0 Å². The molecule has 12 rings (SSSR count). The van der Waals surface area contributed by atoms with Crippen molar-refractivity contribution in [3.8, 4) is 33.4 Å². The number of fused-ring (bicyclic) bond motifs is 10. The summed E-state index contributed by atoms with van der Waals surface area (Å²) in [6.45, 7) is 0. The van der Waals surface area contributed by atoms with Crippen molar-refractivity contribution < 1.29 is 8.83 Å². The predicted octanol–water partition coefficient (Wildman–Crippen LogP) is 15.1. The van der Waals surface area contributed by atoms with Gasteiger partial charge in [0.25, 0.3) is 0 Å². The van der Waals surface area contributed by atoms with Gasteiger partial charge in [0.15, 0.2) is 0 Å². The van der Waals surface area contributed by atoms with Crippen LogP contribution in [-0.4, -0.2) is 0 Å². The Morgan fingerprint density at radius 3 is 1.52 bits per heavy atom. The van der Waals surface area contributed by atoms with E-state index >= 15 is 0 Å². The third kappa shape index (κ3) is 4.28. The highest BCUT2D eigenvalue weighted by molar-refractivity contribution is 6.22. The van der Waals surface area contributed by atoms with E-state index < -0.39 is 0 Å². The summed E-state index contributed by atoms with van der Waals surface area (Å²) in [7, 11) is 0. The first-order valence-electron chi connectivity index (χ1n) is 18.5. The van der Waals surface area contributed by atoms with E-state index in [9.17, 15) is 0 Å². The molecule has 2 heterocycles. The van der Waals surface area contributed by atoms with Gasteiger partial charge in [-0.1, -0.05) is 133 Å². The molecule has 0 atom stereocenters. The fraction of sp³-hybridized carbons (Fsp3) is 0. The molecule has 0 fully saturated rings. The molecule has 0 N–H and O–H groups in total. The van der Waals surface area contributed by atoms with E-state index in [1.165, 1.54) is 76.5 Å². The summed E-state index contributed by atoms with van der Waals surface area (Å²) in [5, 5.41) is 14.3. The summed E-state index contributed by atoms with van der Waals surface area (Å²) >= 11 is 0. The molecule has 2 nitrogen and oxygen atoms in total. The SMILES string of the molecule is c1cc(-c2c3ccccc3c(-c3ccc4cc5oc6ccccc6c5cc4c3)c3ccccc23)cc(-c2cccc3oc4cc5ccccc5cc4c23)c1. The second-order valence-corrected chi connectivity index (χ2v) is 14.4. The number of benzene rings is 10. The van der Waals surface area contributed by atoms with Crippen molar-refractivity contribution in [2.24, 2.45) is 0 Å². The Balaban J connectivity index is 1.07. The van der Waals surface area contributed by atoms with Crippen molar-refractivity contribution in [3.63, 3.8) is 0 Å². The zero-order valence-corrected chi connectivity index (χ0v) is 29.1. The molecule has 0 bridgehead atoms. The minimum Gasteiger partial charge on any atom is -0.456 e. The maximum absolute atomic E-state index is 6.47. The molecule has 0 aliphatic carbocycles. The summed E-state index contributed by atoms with van der Waals surface area (Å²) < 4.78 is 12.7. The van der Waals surface area contributed by atoms with E-state index in [2.05, 4.69) is 170 Å². The number of para-hydroxylation sites is 1. The second-order valence-electron chi connectivity index (χ2n) is 14.4. The fourth-order valence-corrected chi connectivity index (χ4v) is 8.97. The predicted molar refractivity (Wildman–Crippen MR) is 227 cm³/mol. The molecule has 2 aromatic heterocycles. The summed E-state index contributed by atoms with van der Waals surface area (Å²) in [5.74, 6) is 0. The molecule has 12 aromatic rings. The minimum atomic E-state index is 0.903. The molecule has 0 aliphatic rings. The number of rotatable bonds is 3. The smallest absolute Gasteiger partial charge is 0.136 e. The Labute approximate surface area is 310 Å². The molecule has 0 saturated carbocycles. The first kappa shape index (κ1) is 29.4. The van der Waals surface area contributed by atoms with Crippen LogP contribution in [0.15, 0.2) is 191 Å². The molecule has 0 amide bonds. The molecule has 2 heteroatoms. The fourth-order valence-electron chi connectivity index (χ4n) is 8.97. The lowest BCUT2D eigenvalue weighted by Crippen LogP contribution is -1.91. The Morgan fingerprint density at radius 1 is 0.259 bits per heavy atom. The highest BCUT2D eigenvalue weighted by Gasteiger charge is 2.19. The van der Waals surface area contributed by atoms with E-state index in [0.717, 1.165) is 43.9 Å². The Hall–Kier alpha value is -7.16. The van der Waals surface area contributed by atoms with Gasteiger partial charge in [-0.3, -0.25) is 0 Å². The molecule has 0 saturated heterocycles. The van der Waals surface area contributed by atoms with Gasteiger partial charge < -0.3 is 8.83 Å². The van der Waals surface area contributed by atoms with Crippen LogP contribution in [0.1, 0.15) is 0 Å². The summed E-state index contributed by atoms with van der Waals surface area (Å²) in [4.78, 5) is 0. The molecule has 250 valence electrons. The van der Waals surface area contributed by atoms with Crippen LogP contribution in [-0.2, 0) is 0 Å². The maximum atomic E-state index is 6.47. The highest BCUT2D eigenvalue weighted by atomic mass is 16.3. The standard InChI is InChI=1S/C52H30O2/c1-2-12-32-29-49-45(27-31(32)11-1)52-38(20-10-22-47(52)54-49)34-13-9-14-35(25-34)50-40-16-3-5-18-42(40)51(43-19-6-4-17-41(43)50)36-24-23-33-30-48-44(28-37(33)26-36)39-15-7-8-21-46(39)53-48/h1-30H. The minimum absolute atomic E-state index is 0.903. The zero-order valence-electron chi connectivity index (χ0n) is 29.1. The van der Waals surface area contributed by atoms with Gasteiger partial charge in [-0.05, 0) is 125 Å². The second kappa shape index (κ2) is 11.2. The Kier molecular flexibility index (Phi) is 6.09. The lowest BCUT2D eigenvalue weighted by molar-refractivity contribution is 0.669. The normalized spacial score (nSPS) is 12.1. The summed E-state index contributed by atoms with van der Waals surface area (Å²) in [6.07, 6.45) is 0. The maximum Gasteiger partial charge on any atom is 0.136 e. The quantitative estimate of drug-likeness (QED) is 0.173. The van der Waals surface area contributed by atoms with Crippen LogP contribution in [0.25, 0.3) is 120 Å². The molecule has 0 radical (unpaired) electrons. The van der Waals surface area contributed by atoms with E-state index in [0.29, 0.717) is 0 Å². The van der Waals surface area contributed by atoms with Gasteiger partial charge >= 0.3 is 0 Å². The molecule has 0 spiro atoms. The van der Waals surface area contributed by atoms with Gasteiger partial charge in [0.05, 0.1) is 0 Å². The average molecular weight is 687 g/mol. The summed E-state index contributed by atoms with van der Waals surface area (Å²) in [5.41, 5.74) is 10.9. The Morgan fingerprint density at radius 2 is 0.778 bits per heavy atom. The third-order valence-corrected chi connectivity index (χ3v) is 11.4. The van der Waals surface area contributed by atoms with Crippen LogP contribution in [0, 0.1) is 0 Å². The van der Waals surface area contributed by atoms with Crippen LogP contribution < -0.4 is 0 Å². The molecule has 0 aliphatic heterocycles. The van der Waals surface area contributed by atoms with Gasteiger partial charge in [-0.25, -0.2) is 0 Å². The van der Waals surface area contributed by atoms with Crippen LogP contribution in [0.3, 0.4) is 0 Å². The largest absolute Gasteiger partial charge is 0.456 e. The number of hydrogen-bond donors (Lipinski definition) is 0. The van der Waals surface area contributed by atoms with Crippen LogP contribution in [0.4, 0.5) is 0 Å². The molecular weight excluding hydrogens is 657 g/mol. The van der Waals surface area contributed by atoms with E-state index in [4.69, 9.17) is 8.83 Å². The molecule has 54 heavy (non-hydrogen) atoms. The number of hydrogen-bond acceptors (Lipinski definition) is 2. The van der Waals surface area contributed by atoms with Gasteiger partial charge in [0.2, 0.25) is 0 Å². The monoisotopic (exact) mass is 686 g/mol. The van der Waals surface area contributed by atoms with Crippen LogP contribution in [0.2, 0.25) is 0 Å². The average Bonchev–Trinajstić information content (AvgIpc) is 3.78. The van der Waals surface area contributed by atoms with Crippen molar-refractivity contribution in [2.45, 2.75) is 0 Å². The van der Waals surface area contributed by atoms with Crippen molar-refractivity contribution in [2.75, 3.05) is 0 Å². The van der Waals surface area contributed by atoms with Crippen molar-refractivity contribution in [1.82, 2.24) is 0 Å². The first-order chi connectivity index (χ1) is 26.7. The van der Waals surface area contributed by atoms with Crippen molar-refractivity contribution in [3.05, 3.63) is 182 Å². The van der Waals surface area contributed by atoms with Gasteiger partial charge in [-0.15, -0.1) is 0 Å². The van der Waals surface area contributed by atoms with Gasteiger partial charge in [0, 0.05) is 21.5 Å². The lowest BCUT2D eigenvalue weighted by Gasteiger charge is -2.18. The van der Waals surface area contributed by atoms with E-state index in [1.807, 2.05) is 12.1 Å². The van der Waals surface area contributed by atoms with Gasteiger partial charge in [-0.2, -0.15) is 0 Å². The van der Waals surface area contributed by atoms with Crippen molar-refractivity contribution >= 4 is 87.0 Å². The molecular formula is C52H30O2. The third-order valence-electron chi connectivity index (χ3n) is 11.4. The Bertz CT molecular complexity index is 3450.